The van der Waals surface area contributed by atoms with E-state index in [4.69, 9.17) is 5.11 Å². The fourth-order valence-corrected chi connectivity index (χ4v) is 0.951. The van der Waals surface area contributed by atoms with Crippen LogP contribution in [0.15, 0.2) is 24.3 Å². The topological polar surface area (TPSA) is 23.5 Å². The van der Waals surface area contributed by atoms with Gasteiger partial charge in [0.15, 0.2) is 0 Å². The fraction of sp³-hybridized carbons (Fsp3) is 0.500. The Morgan fingerprint density at radius 2 is 1.67 bits per heavy atom. The molecule has 86 valence electrons. The summed E-state index contributed by atoms with van der Waals surface area (Å²) < 4.78 is 11.0. The minimum Gasteiger partial charge on any atom is -0.379 e. The second-order valence-corrected chi connectivity index (χ2v) is 3.81. The summed E-state index contributed by atoms with van der Waals surface area (Å²) >= 11 is 0. The molecule has 0 aromatic heterocycles. The zero-order chi connectivity index (χ0) is 11.8. The Bertz CT molecular complexity index is 257. The summed E-state index contributed by atoms with van der Waals surface area (Å²) in [5.74, 6) is 0.653. The van der Waals surface area contributed by atoms with Crippen LogP contribution in [0.2, 0.25) is 0 Å². The van der Waals surface area contributed by atoms with E-state index in [1.54, 1.807) is 0 Å². The van der Waals surface area contributed by atoms with Crippen LogP contribution < -0.4 is 0 Å². The fourth-order valence-electron chi connectivity index (χ4n) is 0.951. The van der Waals surface area contributed by atoms with Crippen molar-refractivity contribution in [2.75, 3.05) is 13.8 Å². The Hall–Kier alpha value is -0.930. The van der Waals surface area contributed by atoms with Crippen LogP contribution in [-0.2, 0) is 0 Å². The van der Waals surface area contributed by atoms with Crippen molar-refractivity contribution < 1.29 is 9.59 Å². The monoisotopic (exact) mass is 213 g/mol. The highest BCUT2D eigenvalue weighted by Gasteiger charge is 1.95. The molecule has 15 heavy (non-hydrogen) atoms. The van der Waals surface area contributed by atoms with Crippen molar-refractivity contribution in [2.45, 2.75) is 26.7 Å². The molecule has 0 saturated carbocycles. The normalized spacial score (nSPS) is 10.1. The van der Waals surface area contributed by atoms with Gasteiger partial charge in [-0.05, 0) is 18.4 Å². The number of benzene rings is 1. The third-order valence-corrected chi connectivity index (χ3v) is 1.94. The van der Waals surface area contributed by atoms with E-state index >= 15 is 0 Å². The molecule has 0 amide bonds. The average Bonchev–Trinajstić information content (AvgIpc) is 2.19. The van der Waals surface area contributed by atoms with Gasteiger partial charge in [-0.15, -0.1) is 9.60 Å². The zero-order valence-electron chi connectivity index (χ0n) is 9.87. The van der Waals surface area contributed by atoms with Gasteiger partial charge in [0.25, 0.3) is 0 Å². The lowest BCUT2D eigenvalue weighted by atomic mass is 10.0. The van der Waals surface area contributed by atoms with E-state index in [9.17, 15) is 4.48 Å². The van der Waals surface area contributed by atoms with E-state index in [0.717, 1.165) is 7.05 Å². The van der Waals surface area contributed by atoms with Gasteiger partial charge in [0, 0.05) is 7.05 Å². The van der Waals surface area contributed by atoms with Crippen molar-refractivity contribution in [3.8, 4) is 0 Å². The largest absolute Gasteiger partial charge is 0.379 e. The number of halogens is 1. The number of aryl methyl sites for hydroxylation is 1. The van der Waals surface area contributed by atoms with Gasteiger partial charge in [-0.25, -0.2) is 0 Å². The van der Waals surface area contributed by atoms with Crippen LogP contribution in [0.4, 0.5) is 4.48 Å². The van der Waals surface area contributed by atoms with Crippen LogP contribution in [-0.4, -0.2) is 24.0 Å². The molecular formula is C12H20FNO. The van der Waals surface area contributed by atoms with Crippen molar-refractivity contribution in [3.05, 3.63) is 35.4 Å². The number of hydrogen-bond acceptors (Lipinski definition) is 2. The van der Waals surface area contributed by atoms with Gasteiger partial charge < -0.3 is 5.11 Å². The number of aliphatic hydroxyl groups excluding tert-OH is 1. The molecule has 0 unspecified atom stereocenters. The van der Waals surface area contributed by atoms with Crippen LogP contribution in [0.1, 0.15) is 30.9 Å². The molecular weight excluding hydrogens is 193 g/mol. The second kappa shape index (κ2) is 7.37. The van der Waals surface area contributed by atoms with Crippen molar-refractivity contribution in [1.29, 1.82) is 0 Å². The van der Waals surface area contributed by atoms with Crippen LogP contribution in [0.25, 0.3) is 0 Å². The first-order valence-electron chi connectivity index (χ1n) is 5.01. The first-order valence-corrected chi connectivity index (χ1v) is 5.01. The summed E-state index contributed by atoms with van der Waals surface area (Å²) in [6.45, 7) is 6.01. The van der Waals surface area contributed by atoms with Gasteiger partial charge >= 0.3 is 0 Å². The SMILES string of the molecule is CN(F)CO.Cc1ccc(C(C)C)cc1. The van der Waals surface area contributed by atoms with Crippen LogP contribution in [0.3, 0.4) is 0 Å². The molecule has 0 radical (unpaired) electrons. The van der Waals surface area contributed by atoms with Gasteiger partial charge in [0.1, 0.15) is 6.73 Å². The molecule has 1 rings (SSSR count). The standard InChI is InChI=1S/C10H14.C2H6FNO/c1-8(2)10-6-4-9(3)5-7-10;1-4(3)2-5/h4-8H,1-3H3;5H,2H2,1H3. The number of hydrogen-bond donors (Lipinski definition) is 1. The molecule has 0 atom stereocenters. The van der Waals surface area contributed by atoms with E-state index in [1.807, 2.05) is 0 Å². The summed E-state index contributed by atoms with van der Waals surface area (Å²) in [6.07, 6.45) is 0. The Morgan fingerprint density at radius 3 is 1.93 bits per heavy atom. The average molecular weight is 213 g/mol. The van der Waals surface area contributed by atoms with Crippen molar-refractivity contribution >= 4 is 0 Å². The Balaban J connectivity index is 0.000000336. The summed E-state index contributed by atoms with van der Waals surface area (Å²) in [4.78, 5) is 0. The molecule has 0 fully saturated rings. The highest BCUT2D eigenvalue weighted by Crippen LogP contribution is 2.13. The highest BCUT2D eigenvalue weighted by atomic mass is 19.2. The molecule has 0 bridgehead atoms. The summed E-state index contributed by atoms with van der Waals surface area (Å²) in [7, 11) is 1.14. The van der Waals surface area contributed by atoms with Crippen molar-refractivity contribution in [2.24, 2.45) is 0 Å². The van der Waals surface area contributed by atoms with Crippen LogP contribution >= 0.6 is 0 Å². The van der Waals surface area contributed by atoms with E-state index in [-0.39, 0.29) is 5.12 Å². The lowest BCUT2D eigenvalue weighted by Crippen LogP contribution is -2.05. The van der Waals surface area contributed by atoms with Crippen molar-refractivity contribution in [1.82, 2.24) is 5.12 Å². The first-order chi connectivity index (χ1) is 6.97. The van der Waals surface area contributed by atoms with Gasteiger partial charge in [0.05, 0.1) is 0 Å². The molecule has 2 nitrogen and oxygen atoms in total. The number of nitrogens with zero attached hydrogens (tertiary/aromatic N) is 1. The Morgan fingerprint density at radius 1 is 1.27 bits per heavy atom. The minimum atomic E-state index is -0.528. The Labute approximate surface area is 91.3 Å². The van der Waals surface area contributed by atoms with Gasteiger partial charge in [-0.3, -0.25) is 0 Å². The van der Waals surface area contributed by atoms with Gasteiger partial charge in [0.2, 0.25) is 0 Å². The first kappa shape index (κ1) is 14.1. The molecule has 1 aromatic rings. The molecule has 0 aliphatic heterocycles. The van der Waals surface area contributed by atoms with E-state index in [0.29, 0.717) is 5.92 Å². The number of aliphatic hydroxyl groups is 1. The minimum absolute atomic E-state index is 0.181. The smallest absolute Gasteiger partial charge is 0.123 e. The maximum absolute atomic E-state index is 11.0. The molecule has 0 spiro atoms. The molecule has 0 aliphatic rings. The predicted octanol–water partition coefficient (Wildman–Crippen LogP) is 2.87. The third kappa shape index (κ3) is 7.05. The molecule has 1 aromatic carbocycles. The van der Waals surface area contributed by atoms with Gasteiger partial charge in [-0.1, -0.05) is 43.7 Å². The summed E-state index contributed by atoms with van der Waals surface area (Å²) in [6, 6.07) is 8.71. The zero-order valence-corrected chi connectivity index (χ0v) is 9.87. The summed E-state index contributed by atoms with van der Waals surface area (Å²) in [5.41, 5.74) is 2.76. The third-order valence-electron chi connectivity index (χ3n) is 1.94. The second-order valence-electron chi connectivity index (χ2n) is 3.81. The molecule has 0 heterocycles. The van der Waals surface area contributed by atoms with Gasteiger partial charge in [-0.2, -0.15) is 0 Å². The molecule has 3 heteroatoms. The quantitative estimate of drug-likeness (QED) is 0.603. The highest BCUT2D eigenvalue weighted by molar-refractivity contribution is 5.23. The lowest BCUT2D eigenvalue weighted by Gasteiger charge is -2.03. The number of rotatable bonds is 2. The van der Waals surface area contributed by atoms with E-state index in [2.05, 4.69) is 45.0 Å². The summed E-state index contributed by atoms with van der Waals surface area (Å²) in [5, 5.41) is 7.88. The molecule has 0 aliphatic carbocycles. The maximum Gasteiger partial charge on any atom is 0.123 e. The molecule has 0 saturated heterocycles. The van der Waals surface area contributed by atoms with Crippen LogP contribution in [0.5, 0.6) is 0 Å². The van der Waals surface area contributed by atoms with Crippen molar-refractivity contribution in [3.63, 3.8) is 0 Å². The predicted molar refractivity (Wildman–Crippen MR) is 61.2 cm³/mol. The maximum atomic E-state index is 11.0. The molecule has 1 N–H and O–H groups in total. The van der Waals surface area contributed by atoms with E-state index in [1.165, 1.54) is 11.1 Å². The van der Waals surface area contributed by atoms with E-state index < -0.39 is 6.73 Å². The Kier molecular flexibility index (Phi) is 6.92. The van der Waals surface area contributed by atoms with Crippen LogP contribution in [0, 0.1) is 6.92 Å². The lowest BCUT2D eigenvalue weighted by molar-refractivity contribution is -0.0256.